The van der Waals surface area contributed by atoms with Crippen LogP contribution >= 0.6 is 0 Å². The van der Waals surface area contributed by atoms with Crippen molar-refractivity contribution in [3.05, 3.63) is 29.3 Å². The SMILES string of the molecule is Cc1cccc(C)c1N(CCC(=O)NCCC(C)C)S(C)(=O)=O. The molecule has 1 N–H and O–H groups in total. The van der Waals surface area contributed by atoms with Crippen LogP contribution in [0, 0.1) is 19.8 Å². The van der Waals surface area contributed by atoms with Crippen molar-refractivity contribution in [1.82, 2.24) is 5.32 Å². The molecule has 0 spiro atoms. The van der Waals surface area contributed by atoms with E-state index in [-0.39, 0.29) is 18.9 Å². The summed E-state index contributed by atoms with van der Waals surface area (Å²) in [6.07, 6.45) is 2.24. The van der Waals surface area contributed by atoms with Gasteiger partial charge in [-0.2, -0.15) is 0 Å². The number of carbonyl (C=O) groups is 1. The van der Waals surface area contributed by atoms with E-state index in [1.54, 1.807) is 0 Å². The Bertz CT molecular complexity index is 619. The van der Waals surface area contributed by atoms with Gasteiger partial charge in [0, 0.05) is 19.5 Å². The average Bonchev–Trinajstić information content (AvgIpc) is 2.40. The van der Waals surface area contributed by atoms with Crippen LogP contribution in [0.3, 0.4) is 0 Å². The van der Waals surface area contributed by atoms with Crippen LogP contribution in [-0.4, -0.2) is 33.7 Å². The molecule has 23 heavy (non-hydrogen) atoms. The summed E-state index contributed by atoms with van der Waals surface area (Å²) in [5.74, 6) is 0.406. The third-order valence-corrected chi connectivity index (χ3v) is 4.84. The number of hydrogen-bond acceptors (Lipinski definition) is 3. The summed E-state index contributed by atoms with van der Waals surface area (Å²) in [6, 6.07) is 5.65. The predicted molar refractivity (Wildman–Crippen MR) is 95.2 cm³/mol. The Balaban J connectivity index is 2.81. The predicted octanol–water partition coefficient (Wildman–Crippen LogP) is 2.62. The highest BCUT2D eigenvalue weighted by atomic mass is 32.2. The number of hydrogen-bond donors (Lipinski definition) is 1. The minimum absolute atomic E-state index is 0.120. The molecule has 1 amide bonds. The summed E-state index contributed by atoms with van der Waals surface area (Å²) in [6.45, 7) is 8.72. The molecule has 1 aromatic carbocycles. The molecule has 1 rings (SSSR count). The number of rotatable bonds is 8. The quantitative estimate of drug-likeness (QED) is 0.791. The van der Waals surface area contributed by atoms with E-state index in [9.17, 15) is 13.2 Å². The number of amides is 1. The van der Waals surface area contributed by atoms with Crippen molar-refractivity contribution in [2.45, 2.75) is 40.5 Å². The van der Waals surface area contributed by atoms with Crippen molar-refractivity contribution in [3.8, 4) is 0 Å². The van der Waals surface area contributed by atoms with Gasteiger partial charge >= 0.3 is 0 Å². The van der Waals surface area contributed by atoms with Gasteiger partial charge in [0.25, 0.3) is 0 Å². The first kappa shape index (κ1) is 19.5. The van der Waals surface area contributed by atoms with Crippen LogP contribution in [0.15, 0.2) is 18.2 Å². The molecule has 0 heterocycles. The summed E-state index contributed by atoms with van der Waals surface area (Å²) >= 11 is 0. The molecule has 1 aromatic rings. The number of nitrogens with one attached hydrogen (secondary N) is 1. The van der Waals surface area contributed by atoms with Crippen molar-refractivity contribution < 1.29 is 13.2 Å². The Morgan fingerprint density at radius 2 is 1.78 bits per heavy atom. The smallest absolute Gasteiger partial charge is 0.232 e. The van der Waals surface area contributed by atoms with E-state index < -0.39 is 10.0 Å². The number of nitrogens with zero attached hydrogens (tertiary/aromatic N) is 1. The minimum atomic E-state index is -3.44. The molecule has 0 radical (unpaired) electrons. The van der Waals surface area contributed by atoms with Crippen LogP contribution in [0.2, 0.25) is 0 Å². The van der Waals surface area contributed by atoms with E-state index in [0.29, 0.717) is 18.2 Å². The Hall–Kier alpha value is -1.56. The highest BCUT2D eigenvalue weighted by Gasteiger charge is 2.21. The lowest BCUT2D eigenvalue weighted by Gasteiger charge is -2.25. The van der Waals surface area contributed by atoms with Gasteiger partial charge < -0.3 is 5.32 Å². The third kappa shape index (κ3) is 6.22. The second-order valence-electron chi connectivity index (χ2n) is 6.36. The standard InChI is InChI=1S/C17H28N2O3S/c1-13(2)9-11-18-16(20)10-12-19(23(5,21)22)17-14(3)7-6-8-15(17)4/h6-8,13H,9-12H2,1-5H3,(H,18,20). The normalized spacial score (nSPS) is 11.6. The van der Waals surface area contributed by atoms with Gasteiger partial charge in [0.05, 0.1) is 11.9 Å². The van der Waals surface area contributed by atoms with Crippen molar-refractivity contribution in [1.29, 1.82) is 0 Å². The maximum absolute atomic E-state index is 12.1. The molecule has 0 aliphatic rings. The lowest BCUT2D eigenvalue weighted by molar-refractivity contribution is -0.120. The van der Waals surface area contributed by atoms with Crippen LogP contribution in [0.1, 0.15) is 37.8 Å². The van der Waals surface area contributed by atoms with E-state index >= 15 is 0 Å². The molecule has 130 valence electrons. The molecule has 0 saturated carbocycles. The third-order valence-electron chi connectivity index (χ3n) is 3.68. The fourth-order valence-electron chi connectivity index (χ4n) is 2.43. The van der Waals surface area contributed by atoms with Crippen LogP contribution < -0.4 is 9.62 Å². The summed E-state index contributed by atoms with van der Waals surface area (Å²) in [5.41, 5.74) is 2.44. The Morgan fingerprint density at radius 3 is 2.26 bits per heavy atom. The fourth-order valence-corrected chi connectivity index (χ4v) is 3.48. The lowest BCUT2D eigenvalue weighted by Crippen LogP contribution is -2.35. The average molecular weight is 340 g/mol. The number of sulfonamides is 1. The summed E-state index contributed by atoms with van der Waals surface area (Å²) < 4.78 is 25.6. The molecule has 0 bridgehead atoms. The molecule has 0 saturated heterocycles. The van der Waals surface area contributed by atoms with Crippen molar-refractivity contribution in [2.24, 2.45) is 5.92 Å². The molecule has 0 aliphatic heterocycles. The number of carbonyl (C=O) groups excluding carboxylic acids is 1. The van der Waals surface area contributed by atoms with Crippen LogP contribution in [0.25, 0.3) is 0 Å². The zero-order chi connectivity index (χ0) is 17.6. The summed E-state index contributed by atoms with van der Waals surface area (Å²) in [7, 11) is -3.44. The number of para-hydroxylation sites is 1. The Kier molecular flexibility index (Phi) is 7.06. The van der Waals surface area contributed by atoms with Gasteiger partial charge in [-0.05, 0) is 37.3 Å². The number of aryl methyl sites for hydroxylation is 2. The van der Waals surface area contributed by atoms with Gasteiger partial charge in [-0.3, -0.25) is 9.10 Å². The van der Waals surface area contributed by atoms with Crippen LogP contribution in [-0.2, 0) is 14.8 Å². The van der Waals surface area contributed by atoms with Crippen LogP contribution in [0.5, 0.6) is 0 Å². The van der Waals surface area contributed by atoms with Crippen molar-refractivity contribution in [2.75, 3.05) is 23.7 Å². The van der Waals surface area contributed by atoms with Gasteiger partial charge in [-0.1, -0.05) is 32.0 Å². The van der Waals surface area contributed by atoms with E-state index in [0.717, 1.165) is 17.5 Å². The summed E-state index contributed by atoms with van der Waals surface area (Å²) in [5, 5.41) is 2.84. The largest absolute Gasteiger partial charge is 0.356 e. The Morgan fingerprint density at radius 1 is 1.22 bits per heavy atom. The molecule has 0 fully saturated rings. The molecule has 0 unspecified atom stereocenters. The molecule has 0 aliphatic carbocycles. The van der Waals surface area contributed by atoms with Crippen molar-refractivity contribution in [3.63, 3.8) is 0 Å². The Labute approximate surface area is 140 Å². The molecule has 6 heteroatoms. The van der Waals surface area contributed by atoms with Crippen LogP contribution in [0.4, 0.5) is 5.69 Å². The van der Waals surface area contributed by atoms with Crippen molar-refractivity contribution >= 4 is 21.6 Å². The van der Waals surface area contributed by atoms with E-state index in [1.807, 2.05) is 32.0 Å². The fraction of sp³-hybridized carbons (Fsp3) is 0.588. The zero-order valence-corrected chi connectivity index (χ0v) is 15.5. The zero-order valence-electron chi connectivity index (χ0n) is 14.7. The molecule has 5 nitrogen and oxygen atoms in total. The topological polar surface area (TPSA) is 66.5 Å². The molecular weight excluding hydrogens is 312 g/mol. The molecular formula is C17H28N2O3S. The van der Waals surface area contributed by atoms with Gasteiger partial charge in [-0.25, -0.2) is 8.42 Å². The van der Waals surface area contributed by atoms with Gasteiger partial charge in [0.1, 0.15) is 0 Å². The van der Waals surface area contributed by atoms with Gasteiger partial charge in [0.15, 0.2) is 0 Å². The van der Waals surface area contributed by atoms with E-state index in [4.69, 9.17) is 0 Å². The van der Waals surface area contributed by atoms with E-state index in [1.165, 1.54) is 10.6 Å². The number of benzene rings is 1. The first-order chi connectivity index (χ1) is 10.6. The maximum atomic E-state index is 12.1. The molecule has 0 aromatic heterocycles. The minimum Gasteiger partial charge on any atom is -0.356 e. The second kappa shape index (κ2) is 8.34. The summed E-state index contributed by atoms with van der Waals surface area (Å²) in [4.78, 5) is 11.9. The van der Waals surface area contributed by atoms with E-state index in [2.05, 4.69) is 19.2 Å². The maximum Gasteiger partial charge on any atom is 0.232 e. The lowest BCUT2D eigenvalue weighted by atomic mass is 10.1. The monoisotopic (exact) mass is 340 g/mol. The highest BCUT2D eigenvalue weighted by Crippen LogP contribution is 2.26. The van der Waals surface area contributed by atoms with Gasteiger partial charge in [-0.15, -0.1) is 0 Å². The highest BCUT2D eigenvalue weighted by molar-refractivity contribution is 7.92. The first-order valence-electron chi connectivity index (χ1n) is 7.93. The van der Waals surface area contributed by atoms with Gasteiger partial charge in [0.2, 0.25) is 15.9 Å². The molecule has 0 atom stereocenters. The number of anilines is 1. The second-order valence-corrected chi connectivity index (χ2v) is 8.26. The first-order valence-corrected chi connectivity index (χ1v) is 9.78.